The van der Waals surface area contributed by atoms with Crippen molar-refractivity contribution in [1.29, 1.82) is 0 Å². The second-order valence-electron chi connectivity index (χ2n) is 5.02. The molecule has 1 aromatic rings. The van der Waals surface area contributed by atoms with Crippen LogP contribution in [0, 0.1) is 19.8 Å². The Morgan fingerprint density at radius 2 is 2.16 bits per heavy atom. The van der Waals surface area contributed by atoms with Crippen molar-refractivity contribution in [3.8, 4) is 0 Å². The number of carbonyl (C=O) groups is 2. The van der Waals surface area contributed by atoms with Gasteiger partial charge in [0.05, 0.1) is 11.3 Å². The van der Waals surface area contributed by atoms with E-state index in [-0.39, 0.29) is 17.4 Å². The number of carboxylic acids is 1. The highest BCUT2D eigenvalue weighted by Crippen LogP contribution is 2.32. The van der Waals surface area contributed by atoms with Gasteiger partial charge >= 0.3 is 5.97 Å². The summed E-state index contributed by atoms with van der Waals surface area (Å²) in [5.74, 6) is -0.956. The monoisotopic (exact) mass is 262 g/mol. The molecule has 0 spiro atoms. The molecule has 102 valence electrons. The summed E-state index contributed by atoms with van der Waals surface area (Å²) in [4.78, 5) is 25.0. The lowest BCUT2D eigenvalue weighted by Gasteiger charge is -2.22. The smallest absolute Gasteiger partial charge is 0.337 e. The minimum Gasteiger partial charge on any atom is -0.478 e. The molecule has 1 amide bonds. The van der Waals surface area contributed by atoms with E-state index in [0.29, 0.717) is 25.2 Å². The number of aromatic carboxylic acids is 1. The maximum Gasteiger partial charge on any atom is 0.337 e. The van der Waals surface area contributed by atoms with Gasteiger partial charge in [-0.1, -0.05) is 6.07 Å². The van der Waals surface area contributed by atoms with E-state index in [2.05, 4.69) is 0 Å². The van der Waals surface area contributed by atoms with Gasteiger partial charge in [-0.25, -0.2) is 4.79 Å². The fourth-order valence-corrected chi connectivity index (χ4v) is 2.48. The van der Waals surface area contributed by atoms with Gasteiger partial charge in [-0.2, -0.15) is 0 Å². The van der Waals surface area contributed by atoms with Gasteiger partial charge in [-0.05, 0) is 43.5 Å². The van der Waals surface area contributed by atoms with Crippen molar-refractivity contribution >= 4 is 17.6 Å². The molecule has 19 heavy (non-hydrogen) atoms. The lowest BCUT2D eigenvalue weighted by molar-refractivity contribution is -0.117. The van der Waals surface area contributed by atoms with Gasteiger partial charge in [-0.15, -0.1) is 0 Å². The van der Waals surface area contributed by atoms with Gasteiger partial charge < -0.3 is 15.7 Å². The van der Waals surface area contributed by atoms with Crippen molar-refractivity contribution in [2.24, 2.45) is 11.7 Å². The molecule has 1 unspecified atom stereocenters. The number of rotatable bonds is 3. The molecule has 1 atom stereocenters. The second-order valence-corrected chi connectivity index (χ2v) is 5.02. The van der Waals surface area contributed by atoms with Gasteiger partial charge in [-0.3, -0.25) is 4.79 Å². The Bertz CT molecular complexity index is 540. The summed E-state index contributed by atoms with van der Waals surface area (Å²) < 4.78 is 0. The van der Waals surface area contributed by atoms with E-state index in [1.54, 1.807) is 17.0 Å². The fraction of sp³-hybridized carbons (Fsp3) is 0.429. The highest BCUT2D eigenvalue weighted by molar-refractivity contribution is 6.04. The van der Waals surface area contributed by atoms with Crippen LogP contribution in [0.5, 0.6) is 0 Å². The summed E-state index contributed by atoms with van der Waals surface area (Å²) in [6, 6.07) is 3.33. The van der Waals surface area contributed by atoms with Gasteiger partial charge in [0, 0.05) is 13.0 Å². The van der Waals surface area contributed by atoms with Crippen molar-refractivity contribution in [2.45, 2.75) is 20.3 Å². The maximum absolute atomic E-state index is 12.1. The van der Waals surface area contributed by atoms with Gasteiger partial charge in [0.25, 0.3) is 0 Å². The number of amides is 1. The Hall–Kier alpha value is -1.88. The average Bonchev–Trinajstić information content (AvgIpc) is 2.73. The molecular weight excluding hydrogens is 244 g/mol. The highest BCUT2D eigenvalue weighted by Gasteiger charge is 2.33. The van der Waals surface area contributed by atoms with E-state index >= 15 is 0 Å². The molecular formula is C14H18N2O3. The molecule has 1 fully saturated rings. The van der Waals surface area contributed by atoms with Crippen molar-refractivity contribution in [3.05, 3.63) is 28.8 Å². The van der Waals surface area contributed by atoms with Crippen LogP contribution in [0.2, 0.25) is 0 Å². The number of hydrogen-bond acceptors (Lipinski definition) is 3. The van der Waals surface area contributed by atoms with E-state index in [0.717, 1.165) is 11.1 Å². The van der Waals surface area contributed by atoms with Crippen molar-refractivity contribution < 1.29 is 14.7 Å². The zero-order chi connectivity index (χ0) is 14.2. The number of benzene rings is 1. The zero-order valence-electron chi connectivity index (χ0n) is 11.1. The van der Waals surface area contributed by atoms with E-state index < -0.39 is 5.97 Å². The Kier molecular flexibility index (Phi) is 3.57. The van der Waals surface area contributed by atoms with Crippen LogP contribution in [0.25, 0.3) is 0 Å². The van der Waals surface area contributed by atoms with Crippen molar-refractivity contribution in [2.75, 3.05) is 18.0 Å². The number of hydrogen-bond donors (Lipinski definition) is 2. The third-order valence-electron chi connectivity index (χ3n) is 3.74. The van der Waals surface area contributed by atoms with Crippen LogP contribution in [-0.4, -0.2) is 30.1 Å². The third-order valence-corrected chi connectivity index (χ3v) is 3.74. The number of aryl methyl sites for hydroxylation is 1. The molecule has 1 heterocycles. The summed E-state index contributed by atoms with van der Waals surface area (Å²) in [5.41, 5.74) is 8.12. The predicted molar refractivity (Wildman–Crippen MR) is 72.4 cm³/mol. The summed E-state index contributed by atoms with van der Waals surface area (Å²) >= 11 is 0. The van der Waals surface area contributed by atoms with Crippen LogP contribution < -0.4 is 10.6 Å². The molecule has 1 aliphatic heterocycles. The lowest BCUT2D eigenvalue weighted by Crippen LogP contribution is -2.28. The molecule has 0 radical (unpaired) electrons. The largest absolute Gasteiger partial charge is 0.478 e. The van der Waals surface area contributed by atoms with Crippen LogP contribution in [-0.2, 0) is 4.79 Å². The molecule has 3 N–H and O–H groups in total. The molecule has 0 aliphatic carbocycles. The first-order valence-electron chi connectivity index (χ1n) is 6.29. The summed E-state index contributed by atoms with van der Waals surface area (Å²) in [5, 5.41) is 9.29. The number of anilines is 1. The Labute approximate surface area is 112 Å². The first-order chi connectivity index (χ1) is 8.95. The topological polar surface area (TPSA) is 83.6 Å². The molecule has 1 aromatic carbocycles. The van der Waals surface area contributed by atoms with E-state index in [1.807, 2.05) is 13.8 Å². The standard InChI is InChI=1S/C14H18N2O3/c1-8-3-4-11(14(18)19)13(9(8)2)16-7-10(6-15)5-12(16)17/h3-4,10H,5-7,15H2,1-2H3,(H,18,19). The van der Waals surface area contributed by atoms with Crippen molar-refractivity contribution in [1.82, 2.24) is 0 Å². The number of carboxylic acid groups (broad SMARTS) is 1. The molecule has 1 aliphatic rings. The summed E-state index contributed by atoms with van der Waals surface area (Å²) in [6.07, 6.45) is 0.392. The Morgan fingerprint density at radius 1 is 1.47 bits per heavy atom. The number of nitrogens with zero attached hydrogens (tertiary/aromatic N) is 1. The fourth-order valence-electron chi connectivity index (χ4n) is 2.48. The van der Waals surface area contributed by atoms with Gasteiger partial charge in [0.15, 0.2) is 0 Å². The average molecular weight is 262 g/mol. The number of nitrogens with two attached hydrogens (primary N) is 1. The first-order valence-corrected chi connectivity index (χ1v) is 6.29. The van der Waals surface area contributed by atoms with E-state index in [1.165, 1.54) is 0 Å². The second kappa shape index (κ2) is 5.01. The van der Waals surface area contributed by atoms with Crippen LogP contribution in [0.1, 0.15) is 27.9 Å². The summed E-state index contributed by atoms with van der Waals surface area (Å²) in [6.45, 7) is 4.70. The van der Waals surface area contributed by atoms with E-state index in [4.69, 9.17) is 5.73 Å². The lowest BCUT2D eigenvalue weighted by atomic mass is 10.0. The zero-order valence-corrected chi connectivity index (χ0v) is 11.1. The van der Waals surface area contributed by atoms with Crippen LogP contribution in [0.4, 0.5) is 5.69 Å². The van der Waals surface area contributed by atoms with E-state index in [9.17, 15) is 14.7 Å². The predicted octanol–water partition coefficient (Wildman–Crippen LogP) is 1.31. The quantitative estimate of drug-likeness (QED) is 0.860. The van der Waals surface area contributed by atoms with Gasteiger partial charge in [0.2, 0.25) is 5.91 Å². The molecule has 0 saturated carbocycles. The highest BCUT2D eigenvalue weighted by atomic mass is 16.4. The molecule has 0 bridgehead atoms. The Balaban J connectivity index is 2.52. The van der Waals surface area contributed by atoms with Gasteiger partial charge in [0.1, 0.15) is 0 Å². The molecule has 5 heteroatoms. The minimum atomic E-state index is -1.01. The van der Waals surface area contributed by atoms with Crippen LogP contribution >= 0.6 is 0 Å². The molecule has 5 nitrogen and oxygen atoms in total. The van der Waals surface area contributed by atoms with Crippen LogP contribution in [0.15, 0.2) is 12.1 Å². The number of carbonyl (C=O) groups excluding carboxylic acids is 1. The maximum atomic E-state index is 12.1. The summed E-state index contributed by atoms with van der Waals surface area (Å²) in [7, 11) is 0. The molecule has 0 aromatic heterocycles. The Morgan fingerprint density at radius 3 is 2.68 bits per heavy atom. The molecule has 2 rings (SSSR count). The van der Waals surface area contributed by atoms with Crippen molar-refractivity contribution in [3.63, 3.8) is 0 Å². The van der Waals surface area contributed by atoms with Crippen LogP contribution in [0.3, 0.4) is 0 Å². The minimum absolute atomic E-state index is 0.0494. The molecule has 1 saturated heterocycles. The first kappa shape index (κ1) is 13.5. The SMILES string of the molecule is Cc1ccc(C(=O)O)c(N2CC(CN)CC2=O)c1C. The third kappa shape index (κ3) is 2.33. The normalized spacial score (nSPS) is 19.0.